The zero-order chi connectivity index (χ0) is 18.4. The van der Waals surface area contributed by atoms with Crippen molar-refractivity contribution in [2.24, 2.45) is 0 Å². The Labute approximate surface area is 157 Å². The average molecular weight is 365 g/mol. The number of rotatable bonds is 5. The van der Waals surface area contributed by atoms with Crippen LogP contribution in [0.5, 0.6) is 0 Å². The van der Waals surface area contributed by atoms with Crippen LogP contribution in [0.15, 0.2) is 53.4 Å². The summed E-state index contributed by atoms with van der Waals surface area (Å²) in [5.74, 6) is 0.0578. The van der Waals surface area contributed by atoms with E-state index < -0.39 is 0 Å². The SMILES string of the molecule is N#Cc1cccc(NC(=O)CSc2ccccc2C(=O)N2CCCC2)c1. The maximum Gasteiger partial charge on any atom is 0.254 e. The van der Waals surface area contributed by atoms with Crippen molar-refractivity contribution in [2.45, 2.75) is 17.7 Å². The lowest BCUT2D eigenvalue weighted by Crippen LogP contribution is -2.28. The minimum absolute atomic E-state index is 0.0349. The molecule has 2 aromatic rings. The predicted octanol–water partition coefficient (Wildman–Crippen LogP) is 3.53. The first-order chi connectivity index (χ1) is 12.7. The molecule has 1 aliphatic rings. The molecule has 0 spiro atoms. The zero-order valence-corrected chi connectivity index (χ0v) is 15.1. The number of nitrogens with zero attached hydrogens (tertiary/aromatic N) is 2. The fraction of sp³-hybridized carbons (Fsp3) is 0.250. The third-order valence-corrected chi connectivity index (χ3v) is 5.22. The van der Waals surface area contributed by atoms with Gasteiger partial charge in [0.25, 0.3) is 5.91 Å². The van der Waals surface area contributed by atoms with Crippen LogP contribution in [0.3, 0.4) is 0 Å². The molecule has 132 valence electrons. The van der Waals surface area contributed by atoms with Crippen molar-refractivity contribution in [3.63, 3.8) is 0 Å². The van der Waals surface area contributed by atoms with Crippen LogP contribution in [-0.2, 0) is 4.79 Å². The molecule has 0 unspecified atom stereocenters. The normalized spacial score (nSPS) is 13.3. The Bertz CT molecular complexity index is 854. The van der Waals surface area contributed by atoms with Crippen LogP contribution in [0.4, 0.5) is 5.69 Å². The van der Waals surface area contributed by atoms with Crippen molar-refractivity contribution in [3.05, 3.63) is 59.7 Å². The van der Waals surface area contributed by atoms with Crippen molar-refractivity contribution >= 4 is 29.3 Å². The molecule has 1 heterocycles. The summed E-state index contributed by atoms with van der Waals surface area (Å²) in [7, 11) is 0. The van der Waals surface area contributed by atoms with Gasteiger partial charge in [-0.1, -0.05) is 18.2 Å². The molecular formula is C20H19N3O2S. The zero-order valence-electron chi connectivity index (χ0n) is 14.3. The number of carbonyl (C=O) groups is 2. The van der Waals surface area contributed by atoms with E-state index in [0.717, 1.165) is 30.8 Å². The van der Waals surface area contributed by atoms with Gasteiger partial charge in [-0.3, -0.25) is 9.59 Å². The number of carbonyl (C=O) groups excluding carboxylic acids is 2. The van der Waals surface area contributed by atoms with Gasteiger partial charge >= 0.3 is 0 Å². The number of amides is 2. The third kappa shape index (κ3) is 4.44. The highest BCUT2D eigenvalue weighted by molar-refractivity contribution is 8.00. The third-order valence-electron chi connectivity index (χ3n) is 4.14. The van der Waals surface area contributed by atoms with E-state index in [1.165, 1.54) is 11.8 Å². The maximum atomic E-state index is 12.7. The molecule has 26 heavy (non-hydrogen) atoms. The van der Waals surface area contributed by atoms with Crippen LogP contribution < -0.4 is 5.32 Å². The number of benzene rings is 2. The Morgan fingerprint density at radius 2 is 1.88 bits per heavy atom. The number of likely N-dealkylation sites (tertiary alicyclic amines) is 1. The Kier molecular flexibility index (Phi) is 5.92. The number of thioether (sulfide) groups is 1. The average Bonchev–Trinajstić information content (AvgIpc) is 3.21. The Balaban J connectivity index is 1.63. The molecular weight excluding hydrogens is 346 g/mol. The van der Waals surface area contributed by atoms with Gasteiger partial charge in [0.15, 0.2) is 0 Å². The molecule has 1 saturated heterocycles. The molecule has 0 atom stereocenters. The molecule has 1 fully saturated rings. The molecule has 2 amide bonds. The molecule has 6 heteroatoms. The van der Waals surface area contributed by atoms with Gasteiger partial charge in [-0.05, 0) is 43.2 Å². The molecule has 1 N–H and O–H groups in total. The van der Waals surface area contributed by atoms with Gasteiger partial charge in [0.05, 0.1) is 22.9 Å². The van der Waals surface area contributed by atoms with Crippen LogP contribution in [-0.4, -0.2) is 35.6 Å². The summed E-state index contributed by atoms with van der Waals surface area (Å²) in [4.78, 5) is 27.5. The molecule has 5 nitrogen and oxygen atoms in total. The summed E-state index contributed by atoms with van der Waals surface area (Å²) in [6, 6.07) is 16.2. The van der Waals surface area contributed by atoms with Gasteiger partial charge in [0, 0.05) is 23.7 Å². The van der Waals surface area contributed by atoms with Crippen molar-refractivity contribution in [1.29, 1.82) is 5.26 Å². The highest BCUT2D eigenvalue weighted by Gasteiger charge is 2.21. The van der Waals surface area contributed by atoms with Crippen molar-refractivity contribution < 1.29 is 9.59 Å². The van der Waals surface area contributed by atoms with Gasteiger partial charge < -0.3 is 10.2 Å². The lowest BCUT2D eigenvalue weighted by Gasteiger charge is -2.17. The van der Waals surface area contributed by atoms with E-state index in [4.69, 9.17) is 5.26 Å². The summed E-state index contributed by atoms with van der Waals surface area (Å²) in [5.41, 5.74) is 1.74. The second-order valence-electron chi connectivity index (χ2n) is 6.02. The molecule has 1 aliphatic heterocycles. The first kappa shape index (κ1) is 18.0. The van der Waals surface area contributed by atoms with Crippen molar-refractivity contribution in [2.75, 3.05) is 24.2 Å². The van der Waals surface area contributed by atoms with Gasteiger partial charge in [-0.25, -0.2) is 0 Å². The van der Waals surface area contributed by atoms with Gasteiger partial charge in [-0.15, -0.1) is 11.8 Å². The monoisotopic (exact) mass is 365 g/mol. The predicted molar refractivity (Wildman–Crippen MR) is 102 cm³/mol. The fourth-order valence-corrected chi connectivity index (χ4v) is 3.71. The first-order valence-corrected chi connectivity index (χ1v) is 9.47. The maximum absolute atomic E-state index is 12.7. The van der Waals surface area contributed by atoms with Crippen LogP contribution in [0.1, 0.15) is 28.8 Å². The minimum atomic E-state index is -0.173. The lowest BCUT2D eigenvalue weighted by atomic mass is 10.2. The van der Waals surface area contributed by atoms with Crippen molar-refractivity contribution in [1.82, 2.24) is 4.90 Å². The smallest absolute Gasteiger partial charge is 0.254 e. The molecule has 0 radical (unpaired) electrons. The molecule has 3 rings (SSSR count). The van der Waals surface area contributed by atoms with Crippen LogP contribution in [0, 0.1) is 11.3 Å². The Hall–Kier alpha value is -2.78. The first-order valence-electron chi connectivity index (χ1n) is 8.48. The summed E-state index contributed by atoms with van der Waals surface area (Å²) in [5, 5.41) is 11.7. The Morgan fingerprint density at radius 1 is 1.12 bits per heavy atom. The van der Waals surface area contributed by atoms with Crippen LogP contribution >= 0.6 is 11.8 Å². The van der Waals surface area contributed by atoms with Gasteiger partial charge in [0.1, 0.15) is 0 Å². The van der Waals surface area contributed by atoms with Crippen LogP contribution in [0.2, 0.25) is 0 Å². The highest BCUT2D eigenvalue weighted by atomic mass is 32.2. The van der Waals surface area contributed by atoms with Crippen molar-refractivity contribution in [3.8, 4) is 6.07 Å². The quantitative estimate of drug-likeness (QED) is 0.823. The second-order valence-corrected chi connectivity index (χ2v) is 7.04. The fourth-order valence-electron chi connectivity index (χ4n) is 2.87. The molecule has 2 aromatic carbocycles. The lowest BCUT2D eigenvalue weighted by molar-refractivity contribution is -0.113. The molecule has 0 aliphatic carbocycles. The number of anilines is 1. The van der Waals surface area contributed by atoms with Crippen LogP contribution in [0.25, 0.3) is 0 Å². The number of hydrogen-bond acceptors (Lipinski definition) is 4. The summed E-state index contributed by atoms with van der Waals surface area (Å²) in [6.45, 7) is 1.60. The Morgan fingerprint density at radius 3 is 2.65 bits per heavy atom. The summed E-state index contributed by atoms with van der Waals surface area (Å²) < 4.78 is 0. The van der Waals surface area contributed by atoms with E-state index in [-0.39, 0.29) is 17.6 Å². The standard InChI is InChI=1S/C20H19N3O2S/c21-13-15-6-5-7-16(12-15)22-19(24)14-26-18-9-2-1-8-17(18)20(25)23-10-3-4-11-23/h1-2,5-9,12H,3-4,10-11,14H2,(H,22,24). The summed E-state index contributed by atoms with van der Waals surface area (Å²) >= 11 is 1.35. The van der Waals surface area contributed by atoms with E-state index in [1.54, 1.807) is 24.3 Å². The van der Waals surface area contributed by atoms with E-state index in [0.29, 0.717) is 16.8 Å². The molecule has 0 aromatic heterocycles. The summed E-state index contributed by atoms with van der Waals surface area (Å²) in [6.07, 6.45) is 2.09. The highest BCUT2D eigenvalue weighted by Crippen LogP contribution is 2.25. The number of hydrogen-bond donors (Lipinski definition) is 1. The van der Waals surface area contributed by atoms with E-state index >= 15 is 0 Å². The number of nitriles is 1. The topological polar surface area (TPSA) is 73.2 Å². The second kappa shape index (κ2) is 8.54. The van der Waals surface area contributed by atoms with Gasteiger partial charge in [0.2, 0.25) is 5.91 Å². The minimum Gasteiger partial charge on any atom is -0.339 e. The van der Waals surface area contributed by atoms with E-state index in [9.17, 15) is 9.59 Å². The number of nitrogens with one attached hydrogen (secondary N) is 1. The molecule has 0 bridgehead atoms. The van der Waals surface area contributed by atoms with E-state index in [1.807, 2.05) is 35.2 Å². The largest absolute Gasteiger partial charge is 0.339 e. The molecule has 0 saturated carbocycles. The van der Waals surface area contributed by atoms with Gasteiger partial charge in [-0.2, -0.15) is 5.26 Å². The van der Waals surface area contributed by atoms with E-state index in [2.05, 4.69) is 5.32 Å².